The zero-order valence-corrected chi connectivity index (χ0v) is 13.0. The van der Waals surface area contributed by atoms with Crippen LogP contribution in [0.4, 0.5) is 10.2 Å². The van der Waals surface area contributed by atoms with Crippen LogP contribution in [0.25, 0.3) is 0 Å². The fourth-order valence-electron chi connectivity index (χ4n) is 1.79. The normalized spacial score (nSPS) is 11.4. The maximum absolute atomic E-state index is 13.2. The SMILES string of the molecule is Cc1cc(C(=O)Nc2ccn(CCS(C)(=O)=O)n2)ccc1F. The number of nitrogens with one attached hydrogen (secondary N) is 1. The number of hydrogen-bond donors (Lipinski definition) is 1. The Kier molecular flexibility index (Phi) is 4.60. The zero-order chi connectivity index (χ0) is 16.3. The van der Waals surface area contributed by atoms with E-state index < -0.39 is 15.7 Å². The predicted octanol–water partition coefficient (Wildman–Crippen LogP) is 1.63. The zero-order valence-electron chi connectivity index (χ0n) is 12.2. The van der Waals surface area contributed by atoms with Crippen molar-refractivity contribution in [1.82, 2.24) is 9.78 Å². The molecule has 1 aromatic carbocycles. The van der Waals surface area contributed by atoms with Crippen molar-refractivity contribution in [2.45, 2.75) is 13.5 Å². The molecule has 6 nitrogen and oxygen atoms in total. The highest BCUT2D eigenvalue weighted by Crippen LogP contribution is 2.11. The summed E-state index contributed by atoms with van der Waals surface area (Å²) in [4.78, 5) is 12.0. The van der Waals surface area contributed by atoms with Gasteiger partial charge in [0.05, 0.1) is 12.3 Å². The fourth-order valence-corrected chi connectivity index (χ4v) is 2.31. The highest BCUT2D eigenvalue weighted by molar-refractivity contribution is 7.90. The van der Waals surface area contributed by atoms with E-state index in [1.54, 1.807) is 19.2 Å². The van der Waals surface area contributed by atoms with Crippen molar-refractivity contribution < 1.29 is 17.6 Å². The fraction of sp³-hybridized carbons (Fsp3) is 0.286. The van der Waals surface area contributed by atoms with Crippen LogP contribution in [0.15, 0.2) is 30.5 Å². The largest absolute Gasteiger partial charge is 0.305 e. The third-order valence-corrected chi connectivity index (χ3v) is 3.92. The van der Waals surface area contributed by atoms with Crippen molar-refractivity contribution in [1.29, 1.82) is 0 Å². The summed E-state index contributed by atoms with van der Waals surface area (Å²) >= 11 is 0. The van der Waals surface area contributed by atoms with Crippen LogP contribution in [-0.2, 0) is 16.4 Å². The second-order valence-corrected chi connectivity index (χ2v) is 7.27. The molecular weight excluding hydrogens is 309 g/mol. The summed E-state index contributed by atoms with van der Waals surface area (Å²) in [6.45, 7) is 1.79. The van der Waals surface area contributed by atoms with Crippen LogP contribution in [-0.4, -0.2) is 36.1 Å². The molecule has 1 aromatic heterocycles. The summed E-state index contributed by atoms with van der Waals surface area (Å²) in [5.41, 5.74) is 0.705. The molecule has 0 aliphatic heterocycles. The van der Waals surface area contributed by atoms with E-state index in [2.05, 4.69) is 10.4 Å². The first-order chi connectivity index (χ1) is 10.2. The van der Waals surface area contributed by atoms with Crippen LogP contribution in [0.3, 0.4) is 0 Å². The predicted molar refractivity (Wildman–Crippen MR) is 81.0 cm³/mol. The molecule has 1 amide bonds. The number of amides is 1. The van der Waals surface area contributed by atoms with Gasteiger partial charge in [-0.3, -0.25) is 9.48 Å². The van der Waals surface area contributed by atoms with Gasteiger partial charge in [-0.2, -0.15) is 5.10 Å². The van der Waals surface area contributed by atoms with Gasteiger partial charge in [-0.05, 0) is 30.7 Å². The molecule has 2 rings (SSSR count). The maximum atomic E-state index is 13.2. The molecule has 0 fully saturated rings. The summed E-state index contributed by atoms with van der Waals surface area (Å²) in [5.74, 6) is -0.502. The van der Waals surface area contributed by atoms with E-state index in [4.69, 9.17) is 0 Å². The topological polar surface area (TPSA) is 81.1 Å². The first kappa shape index (κ1) is 16.2. The number of anilines is 1. The molecule has 0 unspecified atom stereocenters. The summed E-state index contributed by atoms with van der Waals surface area (Å²) < 4.78 is 36.8. The van der Waals surface area contributed by atoms with Gasteiger partial charge in [-0.25, -0.2) is 12.8 Å². The molecule has 0 aliphatic carbocycles. The third kappa shape index (κ3) is 4.39. The van der Waals surface area contributed by atoms with Crippen molar-refractivity contribution in [3.63, 3.8) is 0 Å². The molecular formula is C14H16FN3O3S. The van der Waals surface area contributed by atoms with E-state index in [0.717, 1.165) is 6.26 Å². The highest BCUT2D eigenvalue weighted by Gasteiger charge is 2.10. The van der Waals surface area contributed by atoms with Crippen molar-refractivity contribution in [3.8, 4) is 0 Å². The lowest BCUT2D eigenvalue weighted by Gasteiger charge is -2.04. The van der Waals surface area contributed by atoms with Crippen LogP contribution in [0.1, 0.15) is 15.9 Å². The average Bonchev–Trinajstić information content (AvgIpc) is 2.86. The van der Waals surface area contributed by atoms with Gasteiger partial charge >= 0.3 is 0 Å². The van der Waals surface area contributed by atoms with Gasteiger partial charge in [0.1, 0.15) is 15.7 Å². The Morgan fingerprint density at radius 1 is 1.36 bits per heavy atom. The van der Waals surface area contributed by atoms with Crippen molar-refractivity contribution in [3.05, 3.63) is 47.4 Å². The van der Waals surface area contributed by atoms with E-state index in [-0.39, 0.29) is 18.1 Å². The van der Waals surface area contributed by atoms with Crippen molar-refractivity contribution in [2.24, 2.45) is 0 Å². The lowest BCUT2D eigenvalue weighted by Crippen LogP contribution is -2.14. The molecule has 118 valence electrons. The second kappa shape index (κ2) is 6.27. The Labute approximate surface area is 127 Å². The first-order valence-electron chi connectivity index (χ1n) is 6.53. The number of hydrogen-bond acceptors (Lipinski definition) is 4. The van der Waals surface area contributed by atoms with E-state index in [1.807, 2.05) is 0 Å². The van der Waals surface area contributed by atoms with Gasteiger partial charge in [0.15, 0.2) is 5.82 Å². The Morgan fingerprint density at radius 3 is 2.73 bits per heavy atom. The van der Waals surface area contributed by atoms with Gasteiger partial charge in [0.25, 0.3) is 5.91 Å². The number of rotatable bonds is 5. The molecule has 1 N–H and O–H groups in total. The summed E-state index contributed by atoms with van der Waals surface area (Å²) in [5, 5.41) is 6.64. The summed E-state index contributed by atoms with van der Waals surface area (Å²) in [7, 11) is -3.07. The van der Waals surface area contributed by atoms with Crippen LogP contribution in [0.5, 0.6) is 0 Å². The van der Waals surface area contributed by atoms with E-state index in [1.165, 1.54) is 22.9 Å². The third-order valence-electron chi connectivity index (χ3n) is 2.99. The summed E-state index contributed by atoms with van der Waals surface area (Å²) in [6.07, 6.45) is 2.73. The quantitative estimate of drug-likeness (QED) is 0.906. The minimum atomic E-state index is -3.07. The number of nitrogens with zero attached hydrogens (tertiary/aromatic N) is 2. The number of benzene rings is 1. The van der Waals surface area contributed by atoms with Gasteiger partial charge in [-0.1, -0.05) is 0 Å². The Balaban J connectivity index is 2.03. The van der Waals surface area contributed by atoms with Gasteiger partial charge in [-0.15, -0.1) is 0 Å². The molecule has 22 heavy (non-hydrogen) atoms. The number of carbonyl (C=O) groups is 1. The maximum Gasteiger partial charge on any atom is 0.256 e. The van der Waals surface area contributed by atoms with Crippen molar-refractivity contribution >= 4 is 21.6 Å². The number of halogens is 1. The smallest absolute Gasteiger partial charge is 0.256 e. The molecule has 0 saturated carbocycles. The van der Waals surface area contributed by atoms with Crippen LogP contribution in [0, 0.1) is 12.7 Å². The Bertz CT molecular complexity index is 799. The van der Waals surface area contributed by atoms with Crippen LogP contribution < -0.4 is 5.32 Å². The number of aromatic nitrogens is 2. The molecule has 1 heterocycles. The van der Waals surface area contributed by atoms with Gasteiger partial charge in [0.2, 0.25) is 0 Å². The lowest BCUT2D eigenvalue weighted by molar-refractivity contribution is 0.102. The monoisotopic (exact) mass is 325 g/mol. The minimum Gasteiger partial charge on any atom is -0.305 e. The second-order valence-electron chi connectivity index (χ2n) is 5.01. The van der Waals surface area contributed by atoms with Gasteiger partial charge in [0, 0.05) is 24.1 Å². The molecule has 0 spiro atoms. The van der Waals surface area contributed by atoms with E-state index >= 15 is 0 Å². The molecule has 0 atom stereocenters. The van der Waals surface area contributed by atoms with Crippen molar-refractivity contribution in [2.75, 3.05) is 17.3 Å². The minimum absolute atomic E-state index is 0.0285. The molecule has 0 aliphatic rings. The standard InChI is InChI=1S/C14H16FN3O3S/c1-10-9-11(3-4-12(10)15)14(19)16-13-5-6-18(17-13)7-8-22(2,20)21/h3-6,9H,7-8H2,1-2H3,(H,16,17,19). The highest BCUT2D eigenvalue weighted by atomic mass is 32.2. The number of carbonyl (C=O) groups excluding carboxylic acids is 1. The van der Waals surface area contributed by atoms with E-state index in [9.17, 15) is 17.6 Å². The summed E-state index contributed by atoms with van der Waals surface area (Å²) in [6, 6.07) is 5.63. The van der Waals surface area contributed by atoms with E-state index in [0.29, 0.717) is 16.9 Å². The molecule has 0 radical (unpaired) electrons. The van der Waals surface area contributed by atoms with Crippen LogP contribution >= 0.6 is 0 Å². The molecule has 8 heteroatoms. The first-order valence-corrected chi connectivity index (χ1v) is 8.59. The molecule has 0 saturated heterocycles. The van der Waals surface area contributed by atoms with Crippen LogP contribution in [0.2, 0.25) is 0 Å². The van der Waals surface area contributed by atoms with Gasteiger partial charge < -0.3 is 5.32 Å². The molecule has 0 bridgehead atoms. The Morgan fingerprint density at radius 2 is 2.09 bits per heavy atom. The molecule has 2 aromatic rings. The Hall–Kier alpha value is -2.22. The number of aryl methyl sites for hydroxylation is 2. The number of sulfone groups is 1. The lowest BCUT2D eigenvalue weighted by atomic mass is 10.1. The average molecular weight is 325 g/mol.